The van der Waals surface area contributed by atoms with E-state index in [9.17, 15) is 4.79 Å². The van der Waals surface area contributed by atoms with Crippen molar-refractivity contribution in [3.05, 3.63) is 0 Å². The number of carbonyl (C=O) groups excluding carboxylic acids is 1. The van der Waals surface area contributed by atoms with E-state index in [1.54, 1.807) is 14.2 Å². The fourth-order valence-corrected chi connectivity index (χ4v) is 1.20. The van der Waals surface area contributed by atoms with E-state index in [4.69, 9.17) is 4.74 Å². The van der Waals surface area contributed by atoms with Crippen molar-refractivity contribution >= 4 is 5.91 Å². The molecule has 0 radical (unpaired) electrons. The quantitative estimate of drug-likeness (QED) is 0.564. The second-order valence-electron chi connectivity index (χ2n) is 3.29. The molecule has 84 valence electrons. The van der Waals surface area contributed by atoms with Gasteiger partial charge in [-0.05, 0) is 19.4 Å². The van der Waals surface area contributed by atoms with E-state index in [2.05, 4.69) is 17.6 Å². The van der Waals surface area contributed by atoms with Gasteiger partial charge in [-0.1, -0.05) is 6.92 Å². The van der Waals surface area contributed by atoms with E-state index in [0.29, 0.717) is 12.5 Å². The highest BCUT2D eigenvalue weighted by molar-refractivity contribution is 5.75. The van der Waals surface area contributed by atoms with Gasteiger partial charge in [0.05, 0.1) is 6.61 Å². The van der Waals surface area contributed by atoms with Crippen LogP contribution in [0.4, 0.5) is 0 Å². The van der Waals surface area contributed by atoms with E-state index >= 15 is 0 Å². The molecule has 1 amide bonds. The number of rotatable bonds is 8. The molecule has 0 aromatic carbocycles. The minimum absolute atomic E-state index is 0.103. The van der Waals surface area contributed by atoms with Crippen molar-refractivity contribution in [3.63, 3.8) is 0 Å². The van der Waals surface area contributed by atoms with Crippen molar-refractivity contribution in [1.29, 1.82) is 0 Å². The minimum atomic E-state index is 0.103. The van der Waals surface area contributed by atoms with E-state index < -0.39 is 0 Å². The van der Waals surface area contributed by atoms with Crippen LogP contribution >= 0.6 is 0 Å². The van der Waals surface area contributed by atoms with Gasteiger partial charge in [0.15, 0.2) is 0 Å². The summed E-state index contributed by atoms with van der Waals surface area (Å²) in [5.74, 6) is 0.103. The van der Waals surface area contributed by atoms with Crippen molar-refractivity contribution in [2.75, 3.05) is 27.3 Å². The average molecular weight is 202 g/mol. The molecule has 0 saturated carbocycles. The summed E-state index contributed by atoms with van der Waals surface area (Å²) in [6.07, 6.45) is 2.51. The molecule has 4 heteroatoms. The lowest BCUT2D eigenvalue weighted by Crippen LogP contribution is -2.33. The average Bonchev–Trinajstić information content (AvgIpc) is 2.22. The molecule has 4 nitrogen and oxygen atoms in total. The Morgan fingerprint density at radius 3 is 2.71 bits per heavy atom. The highest BCUT2D eigenvalue weighted by Gasteiger charge is 2.04. The Morgan fingerprint density at radius 2 is 2.21 bits per heavy atom. The van der Waals surface area contributed by atoms with Crippen molar-refractivity contribution in [2.45, 2.75) is 32.2 Å². The summed E-state index contributed by atoms with van der Waals surface area (Å²) < 4.78 is 5.05. The van der Waals surface area contributed by atoms with E-state index in [0.717, 1.165) is 26.0 Å². The zero-order valence-electron chi connectivity index (χ0n) is 9.43. The van der Waals surface area contributed by atoms with Crippen LogP contribution in [0.5, 0.6) is 0 Å². The van der Waals surface area contributed by atoms with Crippen LogP contribution in [0.2, 0.25) is 0 Å². The maximum atomic E-state index is 10.9. The molecule has 0 aliphatic carbocycles. The van der Waals surface area contributed by atoms with Gasteiger partial charge in [-0.2, -0.15) is 0 Å². The lowest BCUT2D eigenvalue weighted by molar-refractivity contribution is -0.120. The first-order chi connectivity index (χ1) is 6.74. The Kier molecular flexibility index (Phi) is 8.57. The van der Waals surface area contributed by atoms with Crippen LogP contribution in [-0.2, 0) is 9.53 Å². The van der Waals surface area contributed by atoms with Gasteiger partial charge in [0.1, 0.15) is 0 Å². The first-order valence-corrected chi connectivity index (χ1v) is 5.17. The summed E-state index contributed by atoms with van der Waals surface area (Å²) >= 11 is 0. The smallest absolute Gasteiger partial charge is 0.219 e. The van der Waals surface area contributed by atoms with Gasteiger partial charge in [-0.15, -0.1) is 0 Å². The van der Waals surface area contributed by atoms with Gasteiger partial charge in [-0.3, -0.25) is 4.79 Å². The van der Waals surface area contributed by atoms with Gasteiger partial charge < -0.3 is 15.4 Å². The fourth-order valence-electron chi connectivity index (χ4n) is 1.20. The normalized spacial score (nSPS) is 12.5. The SMILES string of the molecule is CCC(COC)NCCCC(=O)NC. The van der Waals surface area contributed by atoms with Crippen LogP contribution in [0.1, 0.15) is 26.2 Å². The van der Waals surface area contributed by atoms with E-state index in [1.807, 2.05) is 0 Å². The Labute approximate surface area is 86.4 Å². The summed E-state index contributed by atoms with van der Waals surface area (Å²) in [7, 11) is 3.37. The topological polar surface area (TPSA) is 50.4 Å². The number of carbonyl (C=O) groups is 1. The number of methoxy groups -OCH3 is 1. The zero-order chi connectivity index (χ0) is 10.8. The number of hydrogen-bond donors (Lipinski definition) is 2. The third kappa shape index (κ3) is 6.86. The second-order valence-corrected chi connectivity index (χ2v) is 3.29. The zero-order valence-corrected chi connectivity index (χ0v) is 9.43. The Bertz CT molecular complexity index is 151. The molecule has 14 heavy (non-hydrogen) atoms. The van der Waals surface area contributed by atoms with E-state index in [-0.39, 0.29) is 5.91 Å². The van der Waals surface area contributed by atoms with Crippen molar-refractivity contribution < 1.29 is 9.53 Å². The molecular weight excluding hydrogens is 180 g/mol. The van der Waals surface area contributed by atoms with Crippen LogP contribution in [0, 0.1) is 0 Å². The van der Waals surface area contributed by atoms with Gasteiger partial charge in [0.2, 0.25) is 5.91 Å². The predicted octanol–water partition coefficient (Wildman–Crippen LogP) is 0.527. The molecule has 0 aliphatic rings. The lowest BCUT2D eigenvalue weighted by atomic mass is 10.2. The molecule has 0 saturated heterocycles. The molecule has 2 N–H and O–H groups in total. The summed E-state index contributed by atoms with van der Waals surface area (Å²) in [5.41, 5.74) is 0. The summed E-state index contributed by atoms with van der Waals surface area (Å²) in [6.45, 7) is 3.72. The van der Waals surface area contributed by atoms with Crippen LogP contribution < -0.4 is 10.6 Å². The first-order valence-electron chi connectivity index (χ1n) is 5.17. The lowest BCUT2D eigenvalue weighted by Gasteiger charge is -2.15. The predicted molar refractivity (Wildman–Crippen MR) is 57.3 cm³/mol. The van der Waals surface area contributed by atoms with Gasteiger partial charge in [-0.25, -0.2) is 0 Å². The van der Waals surface area contributed by atoms with Gasteiger partial charge in [0, 0.05) is 26.6 Å². The number of amides is 1. The third-order valence-corrected chi connectivity index (χ3v) is 2.15. The molecule has 0 spiro atoms. The van der Waals surface area contributed by atoms with Crippen LogP contribution in [0.15, 0.2) is 0 Å². The summed E-state index contributed by atoms with van der Waals surface area (Å²) in [5, 5.41) is 5.95. The van der Waals surface area contributed by atoms with Gasteiger partial charge >= 0.3 is 0 Å². The number of hydrogen-bond acceptors (Lipinski definition) is 3. The van der Waals surface area contributed by atoms with Gasteiger partial charge in [0.25, 0.3) is 0 Å². The first kappa shape index (κ1) is 13.4. The van der Waals surface area contributed by atoms with Crippen LogP contribution in [0.25, 0.3) is 0 Å². The third-order valence-electron chi connectivity index (χ3n) is 2.15. The molecule has 0 bridgehead atoms. The Hall–Kier alpha value is -0.610. The largest absolute Gasteiger partial charge is 0.383 e. The molecule has 0 fully saturated rings. The van der Waals surface area contributed by atoms with Crippen molar-refractivity contribution in [1.82, 2.24) is 10.6 Å². The van der Waals surface area contributed by atoms with Crippen LogP contribution in [0.3, 0.4) is 0 Å². The Balaban J connectivity index is 3.37. The molecule has 0 rings (SSSR count). The fraction of sp³-hybridized carbons (Fsp3) is 0.900. The number of nitrogens with one attached hydrogen (secondary N) is 2. The maximum Gasteiger partial charge on any atom is 0.219 e. The Morgan fingerprint density at radius 1 is 1.50 bits per heavy atom. The van der Waals surface area contributed by atoms with Crippen LogP contribution in [-0.4, -0.2) is 39.3 Å². The highest BCUT2D eigenvalue weighted by atomic mass is 16.5. The minimum Gasteiger partial charge on any atom is -0.383 e. The molecule has 0 aromatic rings. The molecule has 0 aromatic heterocycles. The second kappa shape index (κ2) is 8.97. The van der Waals surface area contributed by atoms with E-state index in [1.165, 1.54) is 0 Å². The molecule has 1 unspecified atom stereocenters. The number of ether oxygens (including phenoxy) is 1. The molecule has 1 atom stereocenters. The molecular formula is C10H22N2O2. The molecule has 0 heterocycles. The standard InChI is InChI=1S/C10H22N2O2/c1-4-9(8-14-3)12-7-5-6-10(13)11-2/h9,12H,4-8H2,1-3H3,(H,11,13). The maximum absolute atomic E-state index is 10.9. The molecule has 0 aliphatic heterocycles. The summed E-state index contributed by atoms with van der Waals surface area (Å²) in [6, 6.07) is 0.407. The highest BCUT2D eigenvalue weighted by Crippen LogP contribution is 1.93. The van der Waals surface area contributed by atoms with Crippen molar-refractivity contribution in [2.24, 2.45) is 0 Å². The monoisotopic (exact) mass is 202 g/mol. The van der Waals surface area contributed by atoms with Crippen molar-refractivity contribution in [3.8, 4) is 0 Å². The summed E-state index contributed by atoms with van der Waals surface area (Å²) in [4.78, 5) is 10.9.